The lowest BCUT2D eigenvalue weighted by Crippen LogP contribution is -2.41. The van der Waals surface area contributed by atoms with Gasteiger partial charge in [-0.1, -0.05) is 18.2 Å². The normalized spacial score (nSPS) is 10.2. The number of nitrogens with one attached hydrogen (secondary N) is 2. The Hall–Kier alpha value is -3.06. The van der Waals surface area contributed by atoms with E-state index < -0.39 is 5.91 Å². The van der Waals surface area contributed by atoms with Crippen molar-refractivity contribution in [1.82, 2.24) is 10.9 Å². The van der Waals surface area contributed by atoms with E-state index in [2.05, 4.69) is 10.9 Å². The zero-order valence-electron chi connectivity index (χ0n) is 12.5. The van der Waals surface area contributed by atoms with E-state index in [4.69, 9.17) is 9.15 Å². The Balaban J connectivity index is 1.51. The Morgan fingerprint density at radius 1 is 1.00 bits per heavy atom. The van der Waals surface area contributed by atoms with Crippen LogP contribution in [0.25, 0.3) is 0 Å². The molecule has 0 atom stereocenters. The minimum Gasteiger partial charge on any atom is -0.486 e. The zero-order valence-corrected chi connectivity index (χ0v) is 13.3. The molecular weight excluding hydrogens is 328 g/mol. The van der Waals surface area contributed by atoms with Gasteiger partial charge in [0.1, 0.15) is 18.1 Å². The molecule has 0 spiro atoms. The third-order valence-electron chi connectivity index (χ3n) is 3.08. The van der Waals surface area contributed by atoms with Crippen LogP contribution < -0.4 is 15.6 Å². The number of furan rings is 1. The summed E-state index contributed by atoms with van der Waals surface area (Å²) >= 11 is 1.40. The first kappa shape index (κ1) is 15.8. The van der Waals surface area contributed by atoms with Crippen molar-refractivity contribution in [2.75, 3.05) is 0 Å². The number of amides is 2. The minimum atomic E-state index is -0.537. The Morgan fingerprint density at radius 2 is 1.79 bits per heavy atom. The summed E-state index contributed by atoms with van der Waals surface area (Å²) in [7, 11) is 0. The molecule has 6 nitrogen and oxygen atoms in total. The van der Waals surface area contributed by atoms with Gasteiger partial charge in [0.05, 0.1) is 5.56 Å². The van der Waals surface area contributed by atoms with Crippen LogP contribution in [0.2, 0.25) is 0 Å². The summed E-state index contributed by atoms with van der Waals surface area (Å²) in [5, 5.41) is 3.47. The van der Waals surface area contributed by atoms with E-state index in [1.165, 1.54) is 17.4 Å². The van der Waals surface area contributed by atoms with Crippen LogP contribution in [0.5, 0.6) is 5.75 Å². The molecule has 24 heavy (non-hydrogen) atoms. The maximum atomic E-state index is 11.9. The van der Waals surface area contributed by atoms with Gasteiger partial charge in [0.15, 0.2) is 5.76 Å². The van der Waals surface area contributed by atoms with Gasteiger partial charge >= 0.3 is 5.91 Å². The molecule has 0 aliphatic carbocycles. The van der Waals surface area contributed by atoms with Crippen LogP contribution in [-0.4, -0.2) is 11.8 Å². The van der Waals surface area contributed by atoms with Gasteiger partial charge in [-0.25, -0.2) is 0 Å². The number of ether oxygens (including phenoxy) is 1. The fourth-order valence-electron chi connectivity index (χ4n) is 1.89. The van der Waals surface area contributed by atoms with Crippen molar-refractivity contribution in [3.63, 3.8) is 0 Å². The summed E-state index contributed by atoms with van der Waals surface area (Å²) in [5.74, 6) is 0.386. The lowest BCUT2D eigenvalue weighted by molar-refractivity contribution is 0.0828. The van der Waals surface area contributed by atoms with Crippen LogP contribution in [-0.2, 0) is 6.61 Å². The summed E-state index contributed by atoms with van der Waals surface area (Å²) in [6.07, 6.45) is 0. The molecule has 0 saturated heterocycles. The van der Waals surface area contributed by atoms with Gasteiger partial charge in [-0.05, 0) is 35.7 Å². The van der Waals surface area contributed by atoms with Crippen LogP contribution >= 0.6 is 11.3 Å². The maximum Gasteiger partial charge on any atom is 0.305 e. The highest BCUT2D eigenvalue weighted by Gasteiger charge is 2.13. The third kappa shape index (κ3) is 4.02. The van der Waals surface area contributed by atoms with Crippen LogP contribution in [0.1, 0.15) is 26.7 Å². The largest absolute Gasteiger partial charge is 0.486 e. The van der Waals surface area contributed by atoms with Crippen molar-refractivity contribution < 1.29 is 18.7 Å². The number of carbonyl (C=O) groups is 2. The second-order valence-corrected chi connectivity index (χ2v) is 5.57. The first-order valence-electron chi connectivity index (χ1n) is 7.12. The minimum absolute atomic E-state index is 0.0901. The summed E-state index contributed by atoms with van der Waals surface area (Å²) in [6, 6.07) is 14.1. The summed E-state index contributed by atoms with van der Waals surface area (Å²) in [4.78, 5) is 23.7. The molecule has 0 aliphatic heterocycles. The third-order valence-corrected chi connectivity index (χ3v) is 3.77. The number of para-hydroxylation sites is 1. The molecule has 2 aromatic heterocycles. The molecule has 0 unspecified atom stereocenters. The molecule has 122 valence electrons. The number of carbonyl (C=O) groups excluding carboxylic acids is 2. The van der Waals surface area contributed by atoms with Crippen molar-refractivity contribution in [3.05, 3.63) is 76.4 Å². The highest BCUT2D eigenvalue weighted by molar-refractivity contribution is 7.08. The quantitative estimate of drug-likeness (QED) is 0.699. The first-order chi connectivity index (χ1) is 11.7. The van der Waals surface area contributed by atoms with Gasteiger partial charge in [0.2, 0.25) is 0 Å². The molecule has 0 fully saturated rings. The predicted octanol–water partition coefficient (Wildman–Crippen LogP) is 2.99. The monoisotopic (exact) mass is 342 g/mol. The van der Waals surface area contributed by atoms with Crippen molar-refractivity contribution in [1.29, 1.82) is 0 Å². The van der Waals surface area contributed by atoms with Crippen LogP contribution in [0.3, 0.4) is 0 Å². The Labute approximate surface area is 142 Å². The average Bonchev–Trinajstić information content (AvgIpc) is 3.30. The smallest absolute Gasteiger partial charge is 0.305 e. The van der Waals surface area contributed by atoms with E-state index in [9.17, 15) is 9.59 Å². The van der Waals surface area contributed by atoms with Gasteiger partial charge in [0, 0.05) is 5.38 Å². The fraction of sp³-hybridized carbons (Fsp3) is 0.0588. The number of rotatable bonds is 5. The molecular formula is C17H14N2O4S. The molecule has 0 aliphatic rings. The molecule has 1 aromatic carbocycles. The lowest BCUT2D eigenvalue weighted by Gasteiger charge is -2.05. The lowest BCUT2D eigenvalue weighted by atomic mass is 10.3. The van der Waals surface area contributed by atoms with Crippen molar-refractivity contribution in [2.45, 2.75) is 6.61 Å². The first-order valence-corrected chi connectivity index (χ1v) is 8.06. The average molecular weight is 342 g/mol. The topological polar surface area (TPSA) is 80.6 Å². The van der Waals surface area contributed by atoms with E-state index in [0.29, 0.717) is 17.1 Å². The Bertz CT molecular complexity index is 812. The van der Waals surface area contributed by atoms with E-state index in [0.717, 1.165) is 0 Å². The highest BCUT2D eigenvalue weighted by Crippen LogP contribution is 2.14. The molecule has 2 heterocycles. The Morgan fingerprint density at radius 3 is 2.54 bits per heavy atom. The number of thiophene rings is 1. The summed E-state index contributed by atoms with van der Waals surface area (Å²) in [6.45, 7) is 0.207. The number of hydrazine groups is 1. The van der Waals surface area contributed by atoms with E-state index in [1.807, 2.05) is 30.3 Å². The number of hydrogen-bond donors (Lipinski definition) is 2. The molecule has 0 bridgehead atoms. The number of hydrogen-bond acceptors (Lipinski definition) is 5. The van der Waals surface area contributed by atoms with Gasteiger partial charge in [-0.15, -0.1) is 0 Å². The summed E-state index contributed by atoms with van der Waals surface area (Å²) < 4.78 is 10.9. The van der Waals surface area contributed by atoms with Crippen molar-refractivity contribution in [2.24, 2.45) is 0 Å². The van der Waals surface area contributed by atoms with Crippen LogP contribution in [0.4, 0.5) is 0 Å². The molecule has 0 saturated carbocycles. The predicted molar refractivity (Wildman–Crippen MR) is 88.7 cm³/mol. The molecule has 3 rings (SSSR count). The van der Waals surface area contributed by atoms with E-state index >= 15 is 0 Å². The fourth-order valence-corrected chi connectivity index (χ4v) is 2.53. The summed E-state index contributed by atoms with van der Waals surface area (Å²) in [5.41, 5.74) is 5.12. The van der Waals surface area contributed by atoms with E-state index in [-0.39, 0.29) is 18.3 Å². The standard InChI is InChI=1S/C17H14N2O4S/c20-16(12-8-9-24-11-12)18-19-17(21)15-7-6-14(23-15)10-22-13-4-2-1-3-5-13/h1-9,11H,10H2,(H,18,20)(H,19,21). The second kappa shape index (κ2) is 7.47. The van der Waals surface area contributed by atoms with Crippen molar-refractivity contribution >= 4 is 23.2 Å². The maximum absolute atomic E-state index is 11.9. The van der Waals surface area contributed by atoms with Gasteiger partial charge in [-0.2, -0.15) is 11.3 Å². The molecule has 2 amide bonds. The highest BCUT2D eigenvalue weighted by atomic mass is 32.1. The van der Waals surface area contributed by atoms with E-state index in [1.54, 1.807) is 22.9 Å². The van der Waals surface area contributed by atoms with Gasteiger partial charge in [-0.3, -0.25) is 20.4 Å². The molecule has 0 radical (unpaired) electrons. The van der Waals surface area contributed by atoms with Crippen LogP contribution in [0.15, 0.2) is 63.7 Å². The Kier molecular flexibility index (Phi) is 4.93. The molecule has 7 heteroatoms. The molecule has 2 N–H and O–H groups in total. The second-order valence-electron chi connectivity index (χ2n) is 4.79. The van der Waals surface area contributed by atoms with Gasteiger partial charge < -0.3 is 9.15 Å². The number of benzene rings is 1. The molecule has 3 aromatic rings. The van der Waals surface area contributed by atoms with Crippen molar-refractivity contribution in [3.8, 4) is 5.75 Å². The zero-order chi connectivity index (χ0) is 16.8. The SMILES string of the molecule is O=C(NNC(=O)c1ccc(COc2ccccc2)o1)c1ccsc1. The van der Waals surface area contributed by atoms with Crippen LogP contribution in [0, 0.1) is 0 Å². The van der Waals surface area contributed by atoms with Gasteiger partial charge in [0.25, 0.3) is 5.91 Å².